The normalized spacial score (nSPS) is 21.2. The standard InChI is InChI=1S/C12H19N3O4S/c1-8-11(5-13-6-12(16)17)9(2)15(14-8)10-3-4-20(18,19)7-10/h10,13H,3-7H2,1-2H3,(H,16,17). The third-order valence-corrected chi connectivity index (χ3v) is 5.36. The van der Waals surface area contributed by atoms with Gasteiger partial charge in [0.25, 0.3) is 0 Å². The molecule has 1 saturated heterocycles. The second-order valence-corrected chi connectivity index (χ2v) is 7.38. The van der Waals surface area contributed by atoms with Crippen LogP contribution in [0, 0.1) is 13.8 Å². The zero-order valence-corrected chi connectivity index (χ0v) is 12.4. The smallest absolute Gasteiger partial charge is 0.317 e. The van der Waals surface area contributed by atoms with Crippen LogP contribution in [-0.4, -0.2) is 47.3 Å². The van der Waals surface area contributed by atoms with E-state index in [1.54, 1.807) is 4.68 Å². The topological polar surface area (TPSA) is 101 Å². The second-order valence-electron chi connectivity index (χ2n) is 5.15. The summed E-state index contributed by atoms with van der Waals surface area (Å²) in [5.41, 5.74) is 2.66. The summed E-state index contributed by atoms with van der Waals surface area (Å²) in [5, 5.41) is 15.9. The van der Waals surface area contributed by atoms with Crippen LogP contribution in [0.5, 0.6) is 0 Å². The maximum Gasteiger partial charge on any atom is 0.317 e. The predicted molar refractivity (Wildman–Crippen MR) is 73.4 cm³/mol. The van der Waals surface area contributed by atoms with Gasteiger partial charge in [0.05, 0.1) is 29.8 Å². The molecule has 0 radical (unpaired) electrons. The Morgan fingerprint density at radius 3 is 2.75 bits per heavy atom. The fraction of sp³-hybridized carbons (Fsp3) is 0.667. The van der Waals surface area contributed by atoms with Crippen molar-refractivity contribution in [2.45, 2.75) is 32.9 Å². The number of carboxylic acid groups (broad SMARTS) is 1. The van der Waals surface area contributed by atoms with Gasteiger partial charge in [-0.3, -0.25) is 9.48 Å². The first kappa shape index (κ1) is 15.0. The van der Waals surface area contributed by atoms with E-state index in [9.17, 15) is 13.2 Å². The van der Waals surface area contributed by atoms with Gasteiger partial charge in [-0.2, -0.15) is 5.10 Å². The Balaban J connectivity index is 2.14. The van der Waals surface area contributed by atoms with Crippen molar-refractivity contribution < 1.29 is 18.3 Å². The summed E-state index contributed by atoms with van der Waals surface area (Å²) in [7, 11) is -2.95. The van der Waals surface area contributed by atoms with E-state index >= 15 is 0 Å². The number of hydrogen-bond acceptors (Lipinski definition) is 5. The lowest BCUT2D eigenvalue weighted by Crippen LogP contribution is -2.22. The average molecular weight is 301 g/mol. The summed E-state index contributed by atoms with van der Waals surface area (Å²) in [6.45, 7) is 4.05. The average Bonchev–Trinajstić information content (AvgIpc) is 2.82. The van der Waals surface area contributed by atoms with E-state index in [4.69, 9.17) is 5.11 Å². The second kappa shape index (κ2) is 5.53. The molecule has 0 amide bonds. The number of aromatic nitrogens is 2. The summed E-state index contributed by atoms with van der Waals surface area (Å²) in [6.07, 6.45) is 0.590. The number of sulfone groups is 1. The lowest BCUT2D eigenvalue weighted by molar-refractivity contribution is -0.136. The lowest BCUT2D eigenvalue weighted by Gasteiger charge is -2.11. The van der Waals surface area contributed by atoms with Crippen LogP contribution in [0.2, 0.25) is 0 Å². The fourth-order valence-electron chi connectivity index (χ4n) is 2.57. The zero-order chi connectivity index (χ0) is 14.9. The quantitative estimate of drug-likeness (QED) is 0.796. The maximum atomic E-state index is 11.5. The van der Waals surface area contributed by atoms with Crippen molar-refractivity contribution in [1.82, 2.24) is 15.1 Å². The van der Waals surface area contributed by atoms with Crippen molar-refractivity contribution >= 4 is 15.8 Å². The first-order valence-electron chi connectivity index (χ1n) is 6.47. The SMILES string of the molecule is Cc1nn(C2CCS(=O)(=O)C2)c(C)c1CNCC(=O)O. The molecule has 1 fully saturated rings. The lowest BCUT2D eigenvalue weighted by atomic mass is 10.2. The van der Waals surface area contributed by atoms with E-state index in [2.05, 4.69) is 10.4 Å². The molecule has 1 aromatic rings. The third-order valence-electron chi connectivity index (χ3n) is 3.61. The van der Waals surface area contributed by atoms with Crippen LogP contribution in [0.25, 0.3) is 0 Å². The Hall–Kier alpha value is -1.41. The van der Waals surface area contributed by atoms with Gasteiger partial charge < -0.3 is 10.4 Å². The molecule has 0 aliphatic carbocycles. The number of carbonyl (C=O) groups is 1. The minimum Gasteiger partial charge on any atom is -0.480 e. The van der Waals surface area contributed by atoms with E-state index < -0.39 is 15.8 Å². The van der Waals surface area contributed by atoms with E-state index in [0.717, 1.165) is 17.0 Å². The molecule has 2 N–H and O–H groups in total. The predicted octanol–water partition coefficient (Wildman–Crippen LogP) is 0.0337. The Morgan fingerprint density at radius 2 is 2.20 bits per heavy atom. The Morgan fingerprint density at radius 1 is 1.50 bits per heavy atom. The number of carboxylic acids is 1. The fourth-order valence-corrected chi connectivity index (χ4v) is 4.26. The van der Waals surface area contributed by atoms with Gasteiger partial charge in [0.15, 0.2) is 9.84 Å². The maximum absolute atomic E-state index is 11.5. The van der Waals surface area contributed by atoms with Crippen LogP contribution in [0.15, 0.2) is 0 Å². The van der Waals surface area contributed by atoms with Gasteiger partial charge in [-0.05, 0) is 20.3 Å². The molecule has 0 saturated carbocycles. The molecule has 2 heterocycles. The largest absolute Gasteiger partial charge is 0.480 e. The molecule has 0 bridgehead atoms. The minimum absolute atomic E-state index is 0.105. The van der Waals surface area contributed by atoms with Crippen molar-refractivity contribution in [1.29, 1.82) is 0 Å². The van der Waals surface area contributed by atoms with E-state index in [1.807, 2.05) is 13.8 Å². The number of hydrogen-bond donors (Lipinski definition) is 2. The van der Waals surface area contributed by atoms with E-state index in [1.165, 1.54) is 0 Å². The molecule has 20 heavy (non-hydrogen) atoms. The van der Waals surface area contributed by atoms with Crippen LogP contribution in [-0.2, 0) is 21.2 Å². The van der Waals surface area contributed by atoms with E-state index in [0.29, 0.717) is 13.0 Å². The molecular formula is C12H19N3O4S. The van der Waals surface area contributed by atoms with Crippen LogP contribution in [0.1, 0.15) is 29.4 Å². The molecule has 2 rings (SSSR count). The molecule has 7 nitrogen and oxygen atoms in total. The van der Waals surface area contributed by atoms with Crippen molar-refractivity contribution in [2.24, 2.45) is 0 Å². The van der Waals surface area contributed by atoms with Crippen LogP contribution < -0.4 is 5.32 Å². The van der Waals surface area contributed by atoms with Gasteiger partial charge in [0.2, 0.25) is 0 Å². The molecular weight excluding hydrogens is 282 g/mol. The molecule has 112 valence electrons. The van der Waals surface area contributed by atoms with Gasteiger partial charge in [-0.25, -0.2) is 8.42 Å². The number of nitrogens with one attached hydrogen (secondary N) is 1. The van der Waals surface area contributed by atoms with Crippen molar-refractivity contribution in [2.75, 3.05) is 18.1 Å². The van der Waals surface area contributed by atoms with Gasteiger partial charge in [-0.1, -0.05) is 0 Å². The van der Waals surface area contributed by atoms with Gasteiger partial charge in [0.1, 0.15) is 0 Å². The first-order valence-corrected chi connectivity index (χ1v) is 8.30. The van der Waals surface area contributed by atoms with Crippen molar-refractivity contribution in [3.63, 3.8) is 0 Å². The minimum atomic E-state index is -2.95. The highest BCUT2D eigenvalue weighted by molar-refractivity contribution is 7.91. The van der Waals surface area contributed by atoms with Crippen LogP contribution in [0.4, 0.5) is 0 Å². The molecule has 0 spiro atoms. The highest BCUT2D eigenvalue weighted by Crippen LogP contribution is 2.26. The number of nitrogens with zero attached hydrogens (tertiary/aromatic N) is 2. The number of rotatable bonds is 5. The van der Waals surface area contributed by atoms with Crippen LogP contribution >= 0.6 is 0 Å². The van der Waals surface area contributed by atoms with Gasteiger partial charge >= 0.3 is 5.97 Å². The number of aliphatic carboxylic acids is 1. The third kappa shape index (κ3) is 3.18. The highest BCUT2D eigenvalue weighted by Gasteiger charge is 2.31. The summed E-state index contributed by atoms with van der Waals surface area (Å²) >= 11 is 0. The molecule has 1 aromatic heterocycles. The molecule has 1 atom stereocenters. The molecule has 1 aliphatic heterocycles. The summed E-state index contributed by atoms with van der Waals surface area (Å²) in [4.78, 5) is 10.5. The first-order chi connectivity index (χ1) is 9.30. The summed E-state index contributed by atoms with van der Waals surface area (Å²) in [5.74, 6) is -0.561. The molecule has 8 heteroatoms. The zero-order valence-electron chi connectivity index (χ0n) is 11.6. The Bertz CT molecular complexity index is 621. The summed E-state index contributed by atoms with van der Waals surface area (Å²) < 4.78 is 24.9. The molecule has 1 unspecified atom stereocenters. The van der Waals surface area contributed by atoms with Gasteiger partial charge in [0, 0.05) is 17.8 Å². The highest BCUT2D eigenvalue weighted by atomic mass is 32.2. The molecule has 1 aliphatic rings. The Labute approximate surface area is 117 Å². The van der Waals surface area contributed by atoms with Crippen molar-refractivity contribution in [3.8, 4) is 0 Å². The number of aryl methyl sites for hydroxylation is 1. The van der Waals surface area contributed by atoms with Crippen molar-refractivity contribution in [3.05, 3.63) is 17.0 Å². The van der Waals surface area contributed by atoms with Gasteiger partial charge in [-0.15, -0.1) is 0 Å². The Kier molecular flexibility index (Phi) is 4.14. The van der Waals surface area contributed by atoms with E-state index in [-0.39, 0.29) is 24.1 Å². The van der Waals surface area contributed by atoms with Crippen LogP contribution in [0.3, 0.4) is 0 Å². The molecule has 0 aromatic carbocycles. The summed E-state index contributed by atoms with van der Waals surface area (Å²) in [6, 6.07) is -0.105. The monoisotopic (exact) mass is 301 g/mol.